The van der Waals surface area contributed by atoms with Crippen LogP contribution in [0.2, 0.25) is 0 Å². The smallest absolute Gasteiger partial charge is 0.289 e. The van der Waals surface area contributed by atoms with Crippen molar-refractivity contribution in [2.24, 2.45) is 0 Å². The summed E-state index contributed by atoms with van der Waals surface area (Å²) in [6, 6.07) is 19.6. The fraction of sp³-hybridized carbons (Fsp3) is 0.174. The first kappa shape index (κ1) is 22.0. The molecule has 8 heteroatoms. The van der Waals surface area contributed by atoms with E-state index in [1.165, 1.54) is 29.8 Å². The van der Waals surface area contributed by atoms with Crippen molar-refractivity contribution < 1.29 is 18.7 Å². The Kier molecular flexibility index (Phi) is 7.35. The molecule has 158 valence electrons. The third kappa shape index (κ3) is 5.68. The van der Waals surface area contributed by atoms with Crippen LogP contribution in [0.15, 0.2) is 70.0 Å². The molecule has 0 aliphatic heterocycles. The van der Waals surface area contributed by atoms with Crippen molar-refractivity contribution in [3.63, 3.8) is 0 Å². The molecular formula is C23H21N3O4S. The molecule has 0 atom stereocenters. The molecule has 0 unspecified atom stereocenters. The number of benzene rings is 2. The van der Waals surface area contributed by atoms with E-state index < -0.39 is 5.91 Å². The van der Waals surface area contributed by atoms with Gasteiger partial charge in [-0.05, 0) is 42.7 Å². The van der Waals surface area contributed by atoms with Gasteiger partial charge in [0.05, 0.1) is 17.8 Å². The van der Waals surface area contributed by atoms with Crippen LogP contribution in [0.3, 0.4) is 0 Å². The van der Waals surface area contributed by atoms with Gasteiger partial charge in [0.2, 0.25) is 5.91 Å². The average Bonchev–Trinajstić information content (AvgIpc) is 3.26. The number of nitrogens with one attached hydrogen (secondary N) is 1. The Morgan fingerprint density at radius 1 is 1.13 bits per heavy atom. The van der Waals surface area contributed by atoms with Crippen LogP contribution in [0.1, 0.15) is 21.9 Å². The number of anilines is 1. The number of ether oxygens (including phenoxy) is 1. The van der Waals surface area contributed by atoms with E-state index in [-0.39, 0.29) is 24.8 Å². The van der Waals surface area contributed by atoms with Gasteiger partial charge in [-0.25, -0.2) is 0 Å². The highest BCUT2D eigenvalue weighted by Gasteiger charge is 2.19. The molecule has 0 radical (unpaired) electrons. The van der Waals surface area contributed by atoms with E-state index >= 15 is 0 Å². The molecule has 3 aromatic rings. The van der Waals surface area contributed by atoms with Crippen LogP contribution in [0.4, 0.5) is 5.69 Å². The van der Waals surface area contributed by atoms with Gasteiger partial charge in [-0.1, -0.05) is 24.3 Å². The molecule has 0 fully saturated rings. The summed E-state index contributed by atoms with van der Waals surface area (Å²) in [5.74, 6) is 0.251. The lowest BCUT2D eigenvalue weighted by molar-refractivity contribution is -0.116. The summed E-state index contributed by atoms with van der Waals surface area (Å²) >= 11 is 1.53. The summed E-state index contributed by atoms with van der Waals surface area (Å²) in [5.41, 5.74) is 1.12. The number of rotatable bonds is 8. The average molecular weight is 436 g/mol. The zero-order chi connectivity index (χ0) is 22.2. The maximum Gasteiger partial charge on any atom is 0.289 e. The van der Waals surface area contributed by atoms with Gasteiger partial charge in [0.25, 0.3) is 5.91 Å². The van der Waals surface area contributed by atoms with E-state index in [2.05, 4.69) is 11.4 Å². The maximum absolute atomic E-state index is 12.6. The van der Waals surface area contributed by atoms with Crippen molar-refractivity contribution in [1.82, 2.24) is 4.90 Å². The molecule has 0 saturated carbocycles. The molecule has 7 nitrogen and oxygen atoms in total. The number of furan rings is 1. The maximum atomic E-state index is 12.6. The molecule has 3 rings (SSSR count). The van der Waals surface area contributed by atoms with Gasteiger partial charge >= 0.3 is 0 Å². The van der Waals surface area contributed by atoms with Crippen LogP contribution in [0.5, 0.6) is 5.75 Å². The lowest BCUT2D eigenvalue weighted by Crippen LogP contribution is -2.34. The molecule has 1 aromatic heterocycles. The molecule has 0 aliphatic carbocycles. The van der Waals surface area contributed by atoms with Crippen LogP contribution in [-0.4, -0.2) is 36.6 Å². The first-order valence-corrected chi connectivity index (χ1v) is 10.6. The Morgan fingerprint density at radius 3 is 2.65 bits per heavy atom. The molecule has 2 amide bonds. The number of carbonyl (C=O) groups excluding carboxylic acids is 2. The minimum atomic E-state index is -0.419. The van der Waals surface area contributed by atoms with Crippen molar-refractivity contribution in [2.75, 3.05) is 25.2 Å². The van der Waals surface area contributed by atoms with Crippen LogP contribution in [-0.2, 0) is 11.4 Å². The third-order valence-corrected chi connectivity index (χ3v) is 5.15. The highest BCUT2D eigenvalue weighted by atomic mass is 32.2. The number of hydrogen-bond acceptors (Lipinski definition) is 6. The van der Waals surface area contributed by atoms with Gasteiger partial charge in [0.1, 0.15) is 24.2 Å². The second-order valence-corrected chi connectivity index (χ2v) is 7.42. The lowest BCUT2D eigenvalue weighted by Gasteiger charge is -2.16. The van der Waals surface area contributed by atoms with E-state index in [0.29, 0.717) is 22.8 Å². The van der Waals surface area contributed by atoms with Crippen molar-refractivity contribution in [1.29, 1.82) is 5.26 Å². The van der Waals surface area contributed by atoms with E-state index in [4.69, 9.17) is 14.4 Å². The van der Waals surface area contributed by atoms with Crippen LogP contribution >= 0.6 is 11.8 Å². The molecular weight excluding hydrogens is 414 g/mol. The molecule has 0 bridgehead atoms. The minimum absolute atomic E-state index is 0.0711. The van der Waals surface area contributed by atoms with Crippen LogP contribution < -0.4 is 10.1 Å². The number of amides is 2. The number of nitriles is 1. The Balaban J connectivity index is 1.57. The molecule has 0 spiro atoms. The zero-order valence-electron chi connectivity index (χ0n) is 17.1. The fourth-order valence-electron chi connectivity index (χ4n) is 2.82. The highest BCUT2D eigenvalue weighted by Crippen LogP contribution is 2.24. The van der Waals surface area contributed by atoms with Crippen molar-refractivity contribution in [3.8, 4) is 11.8 Å². The summed E-state index contributed by atoms with van der Waals surface area (Å²) in [6.45, 7) is -0.0503. The quantitative estimate of drug-likeness (QED) is 0.534. The second kappa shape index (κ2) is 10.4. The summed E-state index contributed by atoms with van der Waals surface area (Å²) in [5, 5.41) is 11.9. The minimum Gasteiger partial charge on any atom is -0.484 e. The Bertz CT molecular complexity index is 1120. The summed E-state index contributed by atoms with van der Waals surface area (Å²) in [4.78, 5) is 27.2. The predicted octanol–water partition coefficient (Wildman–Crippen LogP) is 4.16. The molecule has 0 saturated heterocycles. The van der Waals surface area contributed by atoms with Gasteiger partial charge < -0.3 is 19.4 Å². The molecule has 0 aliphatic rings. The van der Waals surface area contributed by atoms with Gasteiger partial charge in [-0.3, -0.25) is 9.59 Å². The molecule has 1 heterocycles. The number of para-hydroxylation sites is 2. The number of nitrogens with zero attached hydrogens (tertiary/aromatic N) is 2. The Hall–Kier alpha value is -3.70. The van der Waals surface area contributed by atoms with Crippen molar-refractivity contribution in [3.05, 3.63) is 77.7 Å². The third-order valence-electron chi connectivity index (χ3n) is 4.36. The Labute approximate surface area is 184 Å². The van der Waals surface area contributed by atoms with Crippen molar-refractivity contribution >= 4 is 29.3 Å². The predicted molar refractivity (Wildman–Crippen MR) is 118 cm³/mol. The number of likely N-dealkylation sites (N-methyl/N-ethyl adjacent to an activating group) is 1. The zero-order valence-corrected chi connectivity index (χ0v) is 17.9. The first-order chi connectivity index (χ1) is 15.0. The van der Waals surface area contributed by atoms with Gasteiger partial charge in [-0.2, -0.15) is 5.26 Å². The monoisotopic (exact) mass is 435 g/mol. The topological polar surface area (TPSA) is 95.6 Å². The molecule has 2 aromatic carbocycles. The lowest BCUT2D eigenvalue weighted by atomic mass is 10.2. The van der Waals surface area contributed by atoms with E-state index in [9.17, 15) is 9.59 Å². The summed E-state index contributed by atoms with van der Waals surface area (Å²) in [6.07, 6.45) is 1.93. The summed E-state index contributed by atoms with van der Waals surface area (Å²) in [7, 11) is 1.53. The van der Waals surface area contributed by atoms with E-state index in [1.54, 1.807) is 30.3 Å². The van der Waals surface area contributed by atoms with Crippen LogP contribution in [0, 0.1) is 11.3 Å². The van der Waals surface area contributed by atoms with Gasteiger partial charge in [-0.15, -0.1) is 11.8 Å². The normalized spacial score (nSPS) is 10.2. The van der Waals surface area contributed by atoms with Gasteiger partial charge in [0, 0.05) is 11.9 Å². The van der Waals surface area contributed by atoms with Gasteiger partial charge in [0.15, 0.2) is 5.76 Å². The fourth-order valence-corrected chi connectivity index (χ4v) is 3.37. The number of thioether (sulfide) groups is 1. The van der Waals surface area contributed by atoms with E-state index in [0.717, 1.165) is 4.90 Å². The number of carbonyl (C=O) groups is 2. The first-order valence-electron chi connectivity index (χ1n) is 9.40. The largest absolute Gasteiger partial charge is 0.484 e. The summed E-state index contributed by atoms with van der Waals surface area (Å²) < 4.78 is 11.2. The molecule has 31 heavy (non-hydrogen) atoms. The Morgan fingerprint density at radius 2 is 1.87 bits per heavy atom. The number of hydrogen-bond donors (Lipinski definition) is 1. The molecule has 1 N–H and O–H groups in total. The van der Waals surface area contributed by atoms with E-state index in [1.807, 2.05) is 30.5 Å². The SMILES string of the molecule is CSc1ccccc1NC(=O)CN(C)C(=O)c1ccc(COc2ccccc2C#N)o1. The second-order valence-electron chi connectivity index (χ2n) is 6.57. The standard InChI is InChI=1S/C23H21N3O4S/c1-26(14-22(27)25-18-8-4-6-10-21(18)31-2)23(28)20-12-11-17(30-20)15-29-19-9-5-3-7-16(19)13-24/h3-12H,14-15H2,1-2H3,(H,25,27). The van der Waals surface area contributed by atoms with Crippen LogP contribution in [0.25, 0.3) is 0 Å². The van der Waals surface area contributed by atoms with Crippen molar-refractivity contribution in [2.45, 2.75) is 11.5 Å². The highest BCUT2D eigenvalue weighted by molar-refractivity contribution is 7.98.